The average Bonchev–Trinajstić information content (AvgIpc) is 4.06. The summed E-state index contributed by atoms with van der Waals surface area (Å²) < 4.78 is 0. The normalized spacial score (nSPS) is 16.7. The molecule has 2 aromatic carbocycles. The molecule has 3 aromatic rings. The van der Waals surface area contributed by atoms with Crippen molar-refractivity contribution >= 4 is 75.9 Å². The van der Waals surface area contributed by atoms with E-state index in [1.165, 1.54) is 11.8 Å². The zero-order chi connectivity index (χ0) is 56.2. The lowest BCUT2D eigenvalue weighted by atomic mass is 10.0. The second-order valence-electron chi connectivity index (χ2n) is 18.0. The van der Waals surface area contributed by atoms with E-state index in [1.807, 2.05) is 0 Å². The SMILES string of the molecule is C[C@@H](O)[C@H](NC(=O)[C@H](Cc1ccccc1)NC(=O)[C@@H]1CCCN1C(=O)[C@H](Cc1c[nH]c2ccccc12)NC(=O)[C@H](CO)NC(=O)[C@H](CO)NC(=O)[C@H](CO)NC(=O)[C@H](CCC(N)=O)NC(=O)[C@@H](N)CCC(N)=O)C(=O)O. The predicted molar refractivity (Wildman–Crippen MR) is 266 cm³/mol. The first-order valence-corrected chi connectivity index (χ1v) is 24.2. The number of aliphatic hydroxyl groups excluding tert-OH is 4. The maximum atomic E-state index is 14.7. The zero-order valence-electron chi connectivity index (χ0n) is 41.4. The summed E-state index contributed by atoms with van der Waals surface area (Å²) in [5.41, 5.74) is 17.9. The molecular weight excluding hydrogens is 1000 g/mol. The van der Waals surface area contributed by atoms with Gasteiger partial charge in [-0.3, -0.25) is 47.9 Å². The van der Waals surface area contributed by atoms with E-state index in [4.69, 9.17) is 17.2 Å². The number of aromatic nitrogens is 1. The molecule has 10 amide bonds. The summed E-state index contributed by atoms with van der Waals surface area (Å²) in [6.07, 6.45) is -1.15. The average molecular weight is 1070 g/mol. The van der Waals surface area contributed by atoms with Gasteiger partial charge in [-0.05, 0) is 49.8 Å². The molecular formula is C48H66N12O16. The quantitative estimate of drug-likeness (QED) is 0.0295. The van der Waals surface area contributed by atoms with E-state index >= 15 is 0 Å². The number of hydrogen-bond donors (Lipinski definition) is 16. The van der Waals surface area contributed by atoms with Gasteiger partial charge in [0.25, 0.3) is 0 Å². The third-order valence-electron chi connectivity index (χ3n) is 12.3. The van der Waals surface area contributed by atoms with Crippen molar-refractivity contribution in [3.05, 3.63) is 71.9 Å². The number of primary amides is 2. The highest BCUT2D eigenvalue weighted by molar-refractivity contribution is 5.99. The van der Waals surface area contributed by atoms with Gasteiger partial charge in [0.1, 0.15) is 42.3 Å². The van der Waals surface area contributed by atoms with Crippen molar-refractivity contribution in [3.8, 4) is 0 Å². The van der Waals surface area contributed by atoms with Gasteiger partial charge in [-0.1, -0.05) is 48.5 Å². The number of aliphatic hydroxyl groups is 4. The van der Waals surface area contributed by atoms with Crippen LogP contribution in [0.4, 0.5) is 0 Å². The zero-order valence-corrected chi connectivity index (χ0v) is 41.4. The smallest absolute Gasteiger partial charge is 0.328 e. The first-order valence-electron chi connectivity index (χ1n) is 24.2. The van der Waals surface area contributed by atoms with E-state index < -0.39 is 158 Å². The van der Waals surface area contributed by atoms with Crippen LogP contribution in [0.5, 0.6) is 0 Å². The molecule has 28 heteroatoms. The molecule has 1 aliphatic heterocycles. The van der Waals surface area contributed by atoms with Crippen LogP contribution < -0.4 is 54.4 Å². The number of para-hydroxylation sites is 1. The third kappa shape index (κ3) is 17.5. The lowest BCUT2D eigenvalue weighted by Gasteiger charge is -2.31. The first kappa shape index (κ1) is 60.5. The summed E-state index contributed by atoms with van der Waals surface area (Å²) in [7, 11) is 0. The molecule has 0 saturated carbocycles. The summed E-state index contributed by atoms with van der Waals surface area (Å²) in [5, 5.41) is 67.1. The van der Waals surface area contributed by atoms with Gasteiger partial charge in [-0.25, -0.2) is 4.79 Å². The number of nitrogens with zero attached hydrogens (tertiary/aromatic N) is 1. The fourth-order valence-electron chi connectivity index (χ4n) is 8.13. The number of H-pyrrole nitrogens is 1. The lowest BCUT2D eigenvalue weighted by Crippen LogP contribution is -2.62. The van der Waals surface area contributed by atoms with Gasteiger partial charge in [0.05, 0.1) is 32.0 Å². The number of likely N-dealkylation sites (tertiary alicyclic amines) is 1. The number of amides is 10. The topological polar surface area (TPSA) is 470 Å². The number of nitrogens with one attached hydrogen (secondary N) is 8. The molecule has 19 N–H and O–H groups in total. The molecule has 1 saturated heterocycles. The third-order valence-corrected chi connectivity index (χ3v) is 12.3. The molecule has 0 spiro atoms. The standard InChI is InChI=1S/C48H66N12O16/c1-24(64)39(48(75)76)59-42(69)31(18-25-8-3-2-4-9-25)54-46(73)36-12-7-17-60(36)47(74)32(19-26-20-52-29-11-6-5-10-27(26)29)55-43(70)33(21-61)57-45(72)35(23-63)58-44(71)34(22-62)56-41(68)30(14-16-38(51)66)53-40(67)28(49)13-15-37(50)65/h2-6,8-11,20,24,28,30-36,39,52,61-64H,7,12-19,21-23,49H2,1H3,(H2,50,65)(H2,51,66)(H,53,67)(H,54,73)(H,55,70)(H,56,68)(H,57,72)(H,58,71)(H,59,69)(H,75,76)/t24-,28+,30+,31+,32+,33+,34+,35+,36+,39+/m1/s1. The lowest BCUT2D eigenvalue weighted by molar-refractivity contribution is -0.145. The molecule has 1 fully saturated rings. The van der Waals surface area contributed by atoms with Gasteiger partial charge in [0.15, 0.2) is 6.04 Å². The number of fused-ring (bicyclic) bond motifs is 1. The van der Waals surface area contributed by atoms with Gasteiger partial charge in [-0.2, -0.15) is 0 Å². The van der Waals surface area contributed by atoms with Crippen LogP contribution in [0.1, 0.15) is 56.6 Å². The molecule has 0 radical (unpaired) electrons. The fraction of sp³-hybridized carbons (Fsp3) is 0.479. The Labute approximate surface area is 434 Å². The van der Waals surface area contributed by atoms with Crippen molar-refractivity contribution in [2.45, 2.75) is 119 Å². The summed E-state index contributed by atoms with van der Waals surface area (Å²) in [6, 6.07) is 1.12. The Morgan fingerprint density at radius 3 is 1.67 bits per heavy atom. The minimum Gasteiger partial charge on any atom is -0.480 e. The summed E-state index contributed by atoms with van der Waals surface area (Å²) >= 11 is 0. The van der Waals surface area contributed by atoms with Crippen LogP contribution in [0.15, 0.2) is 60.8 Å². The number of benzene rings is 2. The summed E-state index contributed by atoms with van der Waals surface area (Å²) in [6.45, 7) is -2.19. The van der Waals surface area contributed by atoms with Crippen LogP contribution >= 0.6 is 0 Å². The molecule has 10 atom stereocenters. The van der Waals surface area contributed by atoms with Crippen molar-refractivity contribution < 1.29 is 78.3 Å². The monoisotopic (exact) mass is 1070 g/mol. The number of aromatic amines is 1. The Hall–Kier alpha value is -8.05. The van der Waals surface area contributed by atoms with Gasteiger partial charge in [0, 0.05) is 49.3 Å². The molecule has 1 aromatic heterocycles. The van der Waals surface area contributed by atoms with Crippen molar-refractivity contribution in [1.82, 2.24) is 47.1 Å². The predicted octanol–water partition coefficient (Wildman–Crippen LogP) is -6.36. The van der Waals surface area contributed by atoms with E-state index in [0.29, 0.717) is 28.5 Å². The molecule has 0 aliphatic carbocycles. The highest BCUT2D eigenvalue weighted by Gasteiger charge is 2.41. The molecule has 1 aliphatic rings. The minimum absolute atomic E-state index is 0.00158. The van der Waals surface area contributed by atoms with Crippen LogP contribution in [-0.2, 0) is 65.6 Å². The molecule has 76 heavy (non-hydrogen) atoms. The van der Waals surface area contributed by atoms with Gasteiger partial charge in [-0.15, -0.1) is 0 Å². The number of rotatable bonds is 30. The maximum absolute atomic E-state index is 14.7. The molecule has 0 bridgehead atoms. The van der Waals surface area contributed by atoms with Crippen molar-refractivity contribution in [1.29, 1.82) is 0 Å². The van der Waals surface area contributed by atoms with Gasteiger partial charge in [0.2, 0.25) is 59.1 Å². The van der Waals surface area contributed by atoms with Crippen LogP contribution in [-0.4, -0.2) is 187 Å². The molecule has 4 rings (SSSR count). The number of aliphatic carboxylic acids is 1. The maximum Gasteiger partial charge on any atom is 0.328 e. The molecule has 2 heterocycles. The Morgan fingerprint density at radius 1 is 0.632 bits per heavy atom. The second-order valence-corrected chi connectivity index (χ2v) is 18.0. The second kappa shape index (κ2) is 29.1. The van der Waals surface area contributed by atoms with Crippen molar-refractivity contribution in [2.24, 2.45) is 17.2 Å². The Kier molecular flexibility index (Phi) is 23.2. The van der Waals surface area contributed by atoms with E-state index in [0.717, 1.165) is 0 Å². The van der Waals surface area contributed by atoms with E-state index in [9.17, 15) is 78.3 Å². The van der Waals surface area contributed by atoms with Crippen LogP contribution in [0.2, 0.25) is 0 Å². The van der Waals surface area contributed by atoms with Crippen molar-refractivity contribution in [3.63, 3.8) is 0 Å². The number of carboxylic acid groups (broad SMARTS) is 1. The van der Waals surface area contributed by atoms with Gasteiger partial charge >= 0.3 is 5.97 Å². The van der Waals surface area contributed by atoms with E-state index in [2.05, 4.69) is 42.2 Å². The number of nitrogens with two attached hydrogens (primary N) is 3. The van der Waals surface area contributed by atoms with Crippen LogP contribution in [0.3, 0.4) is 0 Å². The molecule has 414 valence electrons. The Bertz CT molecular complexity index is 2560. The fourth-order valence-corrected chi connectivity index (χ4v) is 8.13. The first-order chi connectivity index (χ1) is 36.1. The Balaban J connectivity index is 1.52. The number of carbonyl (C=O) groups is 11. The van der Waals surface area contributed by atoms with Crippen LogP contribution in [0.25, 0.3) is 10.9 Å². The Morgan fingerprint density at radius 2 is 1.13 bits per heavy atom. The summed E-state index contributed by atoms with van der Waals surface area (Å²) in [5.74, 6) is -11.4. The molecule has 0 unspecified atom stereocenters. The highest BCUT2D eigenvalue weighted by atomic mass is 16.4. The number of hydrogen-bond acceptors (Lipinski definition) is 16. The summed E-state index contributed by atoms with van der Waals surface area (Å²) in [4.78, 5) is 148. The largest absolute Gasteiger partial charge is 0.480 e. The number of carbonyl (C=O) groups excluding carboxylic acids is 10. The highest BCUT2D eigenvalue weighted by Crippen LogP contribution is 2.23. The molecule has 28 nitrogen and oxygen atoms in total. The van der Waals surface area contributed by atoms with E-state index in [1.54, 1.807) is 60.8 Å². The van der Waals surface area contributed by atoms with Crippen LogP contribution in [0, 0.1) is 0 Å². The minimum atomic E-state index is -1.91. The van der Waals surface area contributed by atoms with E-state index in [-0.39, 0.29) is 38.6 Å². The number of carboxylic acids is 1. The van der Waals surface area contributed by atoms with Gasteiger partial charge < -0.3 is 89.8 Å². The van der Waals surface area contributed by atoms with Crippen molar-refractivity contribution in [2.75, 3.05) is 26.4 Å².